The number of nitrogens with two attached hydrogens (primary N) is 1. The quantitative estimate of drug-likeness (QED) is 0.503. The minimum Gasteiger partial charge on any atom is -0.399 e. The molecule has 102 valence electrons. The number of imide groups is 1. The van der Waals surface area contributed by atoms with Crippen molar-refractivity contribution < 1.29 is 9.59 Å². The highest BCUT2D eigenvalue weighted by atomic mass is 16.2. The SMILES string of the molecule is CC(C)CCCCN1C(=O)c2ccc(N)cc2C1=O. The van der Waals surface area contributed by atoms with Crippen molar-refractivity contribution in [2.24, 2.45) is 5.92 Å². The minimum absolute atomic E-state index is 0.190. The van der Waals surface area contributed by atoms with Crippen molar-refractivity contribution in [1.82, 2.24) is 4.90 Å². The first-order valence-electron chi connectivity index (χ1n) is 6.76. The number of nitrogens with zero attached hydrogens (tertiary/aromatic N) is 1. The standard InChI is InChI=1S/C15H20N2O2/c1-10(2)5-3-4-8-17-14(18)12-7-6-11(16)9-13(12)15(17)19/h6-7,9-10H,3-5,8,16H2,1-2H3. The molecule has 0 saturated heterocycles. The Hall–Kier alpha value is -1.84. The van der Waals surface area contributed by atoms with Crippen molar-refractivity contribution in [1.29, 1.82) is 0 Å². The second-order valence-electron chi connectivity index (χ2n) is 5.46. The number of carbonyl (C=O) groups is 2. The number of unbranched alkanes of at least 4 members (excludes halogenated alkanes) is 1. The van der Waals surface area contributed by atoms with Gasteiger partial charge in [0.2, 0.25) is 0 Å². The third-order valence-electron chi connectivity index (χ3n) is 3.41. The number of nitrogen functional groups attached to an aromatic ring is 1. The predicted molar refractivity (Wildman–Crippen MR) is 74.9 cm³/mol. The van der Waals surface area contributed by atoms with Gasteiger partial charge in [0.05, 0.1) is 11.1 Å². The molecule has 0 atom stereocenters. The highest BCUT2D eigenvalue weighted by molar-refractivity contribution is 6.21. The Balaban J connectivity index is 2.02. The van der Waals surface area contributed by atoms with E-state index in [4.69, 9.17) is 5.73 Å². The van der Waals surface area contributed by atoms with Gasteiger partial charge in [-0.2, -0.15) is 0 Å². The molecule has 1 heterocycles. The second-order valence-corrected chi connectivity index (χ2v) is 5.46. The van der Waals surface area contributed by atoms with Gasteiger partial charge in [-0.1, -0.05) is 26.7 Å². The molecular weight excluding hydrogens is 240 g/mol. The molecule has 2 amide bonds. The molecule has 0 bridgehead atoms. The summed E-state index contributed by atoms with van der Waals surface area (Å²) < 4.78 is 0. The fourth-order valence-corrected chi connectivity index (χ4v) is 2.33. The number of hydrogen-bond donors (Lipinski definition) is 1. The van der Waals surface area contributed by atoms with Gasteiger partial charge in [-0.05, 0) is 30.5 Å². The van der Waals surface area contributed by atoms with E-state index in [-0.39, 0.29) is 11.8 Å². The lowest BCUT2D eigenvalue weighted by Crippen LogP contribution is -2.30. The van der Waals surface area contributed by atoms with Crippen molar-refractivity contribution in [3.05, 3.63) is 29.3 Å². The maximum atomic E-state index is 12.1. The zero-order chi connectivity index (χ0) is 14.0. The molecule has 2 rings (SSSR count). The summed E-state index contributed by atoms with van der Waals surface area (Å²) in [7, 11) is 0. The van der Waals surface area contributed by atoms with Crippen molar-refractivity contribution >= 4 is 17.5 Å². The summed E-state index contributed by atoms with van der Waals surface area (Å²) in [5, 5.41) is 0. The van der Waals surface area contributed by atoms with E-state index in [0.29, 0.717) is 29.3 Å². The average molecular weight is 260 g/mol. The summed E-state index contributed by atoms with van der Waals surface area (Å²) in [6.45, 7) is 4.84. The van der Waals surface area contributed by atoms with Gasteiger partial charge in [0, 0.05) is 12.2 Å². The zero-order valence-electron chi connectivity index (χ0n) is 11.5. The van der Waals surface area contributed by atoms with Crippen LogP contribution in [-0.4, -0.2) is 23.3 Å². The van der Waals surface area contributed by atoms with E-state index in [2.05, 4.69) is 13.8 Å². The van der Waals surface area contributed by atoms with Gasteiger partial charge in [0.25, 0.3) is 11.8 Å². The van der Waals surface area contributed by atoms with Crippen LogP contribution in [-0.2, 0) is 0 Å². The summed E-state index contributed by atoms with van der Waals surface area (Å²) >= 11 is 0. The minimum atomic E-state index is -0.211. The maximum Gasteiger partial charge on any atom is 0.261 e. The largest absolute Gasteiger partial charge is 0.399 e. The van der Waals surface area contributed by atoms with Crippen molar-refractivity contribution in [3.8, 4) is 0 Å². The Labute approximate surface area is 113 Å². The molecule has 0 spiro atoms. The fraction of sp³-hybridized carbons (Fsp3) is 0.467. The third kappa shape index (κ3) is 2.78. The van der Waals surface area contributed by atoms with Crippen molar-refractivity contribution in [2.75, 3.05) is 12.3 Å². The van der Waals surface area contributed by atoms with Crippen LogP contribution in [0.1, 0.15) is 53.8 Å². The molecule has 0 unspecified atom stereocenters. The number of rotatable bonds is 5. The number of fused-ring (bicyclic) bond motifs is 1. The first-order chi connectivity index (χ1) is 9.00. The second kappa shape index (κ2) is 5.43. The molecule has 19 heavy (non-hydrogen) atoms. The van der Waals surface area contributed by atoms with Gasteiger partial charge in [-0.15, -0.1) is 0 Å². The molecule has 4 heteroatoms. The summed E-state index contributed by atoms with van der Waals surface area (Å²) in [5.41, 5.74) is 7.09. The molecular formula is C15H20N2O2. The molecule has 0 saturated carbocycles. The number of amides is 2. The van der Waals surface area contributed by atoms with E-state index in [0.717, 1.165) is 19.3 Å². The molecule has 2 N–H and O–H groups in total. The van der Waals surface area contributed by atoms with E-state index in [1.807, 2.05) is 0 Å². The zero-order valence-corrected chi connectivity index (χ0v) is 11.5. The molecule has 0 aromatic heterocycles. The number of hydrogen-bond acceptors (Lipinski definition) is 3. The molecule has 1 aromatic carbocycles. The van der Waals surface area contributed by atoms with Crippen molar-refractivity contribution in [3.63, 3.8) is 0 Å². The lowest BCUT2D eigenvalue weighted by atomic mass is 10.1. The molecule has 1 aliphatic rings. The number of carbonyl (C=O) groups excluding carboxylic acids is 2. The van der Waals surface area contributed by atoms with Gasteiger partial charge in [0.15, 0.2) is 0 Å². The molecule has 4 nitrogen and oxygen atoms in total. The Morgan fingerprint density at radius 1 is 1.11 bits per heavy atom. The lowest BCUT2D eigenvalue weighted by molar-refractivity contribution is 0.0651. The Kier molecular flexibility index (Phi) is 3.88. The molecule has 1 aliphatic heterocycles. The van der Waals surface area contributed by atoms with Crippen LogP contribution in [0, 0.1) is 5.92 Å². The Bertz CT molecular complexity index is 509. The van der Waals surface area contributed by atoms with Crippen LogP contribution in [0.2, 0.25) is 0 Å². The van der Waals surface area contributed by atoms with Gasteiger partial charge < -0.3 is 5.73 Å². The van der Waals surface area contributed by atoms with Gasteiger partial charge in [-0.25, -0.2) is 0 Å². The van der Waals surface area contributed by atoms with Gasteiger partial charge in [-0.3, -0.25) is 14.5 Å². The third-order valence-corrected chi connectivity index (χ3v) is 3.41. The van der Waals surface area contributed by atoms with Crippen LogP contribution in [0.5, 0.6) is 0 Å². The topological polar surface area (TPSA) is 63.4 Å². The number of anilines is 1. The van der Waals surface area contributed by atoms with E-state index in [9.17, 15) is 9.59 Å². The highest BCUT2D eigenvalue weighted by Gasteiger charge is 2.34. The predicted octanol–water partition coefficient (Wildman–Crippen LogP) is 2.69. The molecule has 1 aromatic rings. The summed E-state index contributed by atoms with van der Waals surface area (Å²) in [6, 6.07) is 4.88. The molecule has 0 aliphatic carbocycles. The Morgan fingerprint density at radius 2 is 1.79 bits per heavy atom. The van der Waals surface area contributed by atoms with Crippen LogP contribution in [0.3, 0.4) is 0 Å². The summed E-state index contributed by atoms with van der Waals surface area (Å²) in [5.74, 6) is 0.253. The van der Waals surface area contributed by atoms with E-state index < -0.39 is 0 Å². The van der Waals surface area contributed by atoms with Crippen LogP contribution < -0.4 is 5.73 Å². The van der Waals surface area contributed by atoms with Gasteiger partial charge in [0.1, 0.15) is 0 Å². The maximum absolute atomic E-state index is 12.1. The van der Waals surface area contributed by atoms with Crippen LogP contribution in [0.4, 0.5) is 5.69 Å². The first kappa shape index (κ1) is 13.6. The summed E-state index contributed by atoms with van der Waals surface area (Å²) in [4.78, 5) is 25.6. The van der Waals surface area contributed by atoms with Crippen molar-refractivity contribution in [2.45, 2.75) is 33.1 Å². The average Bonchev–Trinajstić information content (AvgIpc) is 2.58. The lowest BCUT2D eigenvalue weighted by Gasteiger charge is -2.13. The fourth-order valence-electron chi connectivity index (χ4n) is 2.33. The van der Waals surface area contributed by atoms with Crippen LogP contribution in [0.15, 0.2) is 18.2 Å². The first-order valence-corrected chi connectivity index (χ1v) is 6.76. The molecule has 0 fully saturated rings. The van der Waals surface area contributed by atoms with Gasteiger partial charge >= 0.3 is 0 Å². The summed E-state index contributed by atoms with van der Waals surface area (Å²) in [6.07, 6.45) is 3.02. The van der Waals surface area contributed by atoms with E-state index in [1.165, 1.54) is 4.90 Å². The smallest absolute Gasteiger partial charge is 0.261 e. The number of benzene rings is 1. The molecule has 0 radical (unpaired) electrons. The van der Waals surface area contributed by atoms with Crippen LogP contribution in [0.25, 0.3) is 0 Å². The monoisotopic (exact) mass is 260 g/mol. The van der Waals surface area contributed by atoms with E-state index >= 15 is 0 Å². The van der Waals surface area contributed by atoms with Crippen LogP contribution >= 0.6 is 0 Å². The Morgan fingerprint density at radius 3 is 2.47 bits per heavy atom. The normalized spacial score (nSPS) is 14.4. The highest BCUT2D eigenvalue weighted by Crippen LogP contribution is 2.25. The van der Waals surface area contributed by atoms with E-state index in [1.54, 1.807) is 18.2 Å².